The summed E-state index contributed by atoms with van der Waals surface area (Å²) >= 11 is 0. The molecule has 3 nitrogen and oxygen atoms in total. The molecule has 0 radical (unpaired) electrons. The maximum atomic E-state index is 12.6. The summed E-state index contributed by atoms with van der Waals surface area (Å²) < 4.78 is 84.9. The third-order valence-electron chi connectivity index (χ3n) is 2.44. The molecule has 0 aliphatic carbocycles. The molecule has 0 N–H and O–H groups in total. The smallest absolute Gasteiger partial charge is 0.416 e. The van der Waals surface area contributed by atoms with Crippen molar-refractivity contribution < 1.29 is 40.6 Å². The van der Waals surface area contributed by atoms with E-state index in [4.69, 9.17) is 4.74 Å². The Labute approximate surface area is 121 Å². The lowest BCUT2D eigenvalue weighted by atomic mass is 10.1. The number of halogens is 6. The van der Waals surface area contributed by atoms with Crippen LogP contribution in [0.2, 0.25) is 0 Å². The van der Waals surface area contributed by atoms with E-state index in [1.165, 1.54) is 0 Å². The minimum absolute atomic E-state index is 0.0227. The number of carbonyl (C=O) groups is 1. The number of carbonyl (C=O) groups excluding carboxylic acids is 1. The second-order valence-electron chi connectivity index (χ2n) is 4.21. The zero-order valence-electron chi connectivity index (χ0n) is 11.3. The van der Waals surface area contributed by atoms with Crippen molar-refractivity contribution in [1.82, 2.24) is 0 Å². The van der Waals surface area contributed by atoms with E-state index in [9.17, 15) is 31.1 Å². The molecule has 0 heterocycles. The Morgan fingerprint density at radius 1 is 1.00 bits per heavy atom. The molecule has 0 spiro atoms. The van der Waals surface area contributed by atoms with E-state index >= 15 is 0 Å². The summed E-state index contributed by atoms with van der Waals surface area (Å²) in [6, 6.07) is 1.11. The van der Waals surface area contributed by atoms with E-state index in [0.29, 0.717) is 12.1 Å². The van der Waals surface area contributed by atoms with Gasteiger partial charge in [-0.2, -0.15) is 26.3 Å². The van der Waals surface area contributed by atoms with Gasteiger partial charge in [0.15, 0.2) is 0 Å². The molecule has 1 aromatic rings. The topological polar surface area (TPSA) is 35.5 Å². The lowest BCUT2D eigenvalue weighted by Crippen LogP contribution is -2.14. The summed E-state index contributed by atoms with van der Waals surface area (Å²) in [6.07, 6.45) is -9.84. The fourth-order valence-corrected chi connectivity index (χ4v) is 1.56. The summed E-state index contributed by atoms with van der Waals surface area (Å²) in [6.45, 7) is 0.488. The average Bonchev–Trinajstić information content (AvgIpc) is 2.36. The molecule has 0 atom stereocenters. The van der Waals surface area contributed by atoms with E-state index in [1.54, 1.807) is 6.92 Å². The Morgan fingerprint density at radius 2 is 1.50 bits per heavy atom. The van der Waals surface area contributed by atoms with Crippen molar-refractivity contribution in [2.75, 3.05) is 13.2 Å². The van der Waals surface area contributed by atoms with Gasteiger partial charge in [-0.15, -0.1) is 0 Å². The third-order valence-corrected chi connectivity index (χ3v) is 2.44. The summed E-state index contributed by atoms with van der Waals surface area (Å²) in [5.74, 6) is -0.759. The summed E-state index contributed by atoms with van der Waals surface area (Å²) in [5, 5.41) is 0. The Balaban J connectivity index is 2.92. The number of rotatable bonds is 5. The highest BCUT2D eigenvalue weighted by molar-refractivity contribution is 5.70. The van der Waals surface area contributed by atoms with Gasteiger partial charge in [-0.1, -0.05) is 0 Å². The maximum Gasteiger partial charge on any atom is 0.416 e. The second kappa shape index (κ2) is 6.99. The Hall–Kier alpha value is -1.77. The van der Waals surface area contributed by atoms with Gasteiger partial charge < -0.3 is 9.47 Å². The lowest BCUT2D eigenvalue weighted by molar-refractivity contribution is -0.149. The van der Waals surface area contributed by atoms with Crippen molar-refractivity contribution in [3.05, 3.63) is 34.9 Å². The first-order chi connectivity index (χ1) is 10.0. The minimum Gasteiger partial charge on any atom is -0.464 e. The Morgan fingerprint density at radius 3 is 1.91 bits per heavy atom. The average molecular weight is 330 g/mol. The number of esters is 1. The van der Waals surface area contributed by atoms with Gasteiger partial charge in [0.05, 0.1) is 24.3 Å². The van der Waals surface area contributed by atoms with E-state index in [0.717, 1.165) is 0 Å². The molecule has 0 unspecified atom stereocenters. The van der Waals surface area contributed by atoms with Crippen molar-refractivity contribution in [2.24, 2.45) is 0 Å². The predicted octanol–water partition coefficient (Wildman–Crippen LogP) is 3.80. The van der Waals surface area contributed by atoms with Crippen LogP contribution in [0.15, 0.2) is 18.2 Å². The number of benzene rings is 1. The molecule has 9 heteroatoms. The highest BCUT2D eigenvalue weighted by Crippen LogP contribution is 2.36. The van der Waals surface area contributed by atoms with Gasteiger partial charge in [-0.25, -0.2) is 4.79 Å². The summed E-state index contributed by atoms with van der Waals surface area (Å²) in [5.41, 5.74) is -3.21. The number of ether oxygens (including phenoxy) is 2. The van der Waals surface area contributed by atoms with Gasteiger partial charge in [-0.3, -0.25) is 0 Å². The van der Waals surface area contributed by atoms with Crippen LogP contribution in [0, 0.1) is 0 Å². The van der Waals surface area contributed by atoms with E-state index in [-0.39, 0.29) is 18.2 Å². The van der Waals surface area contributed by atoms with Gasteiger partial charge in [0, 0.05) is 0 Å². The molecular formula is C13H12F6O3. The SMILES string of the molecule is CCOC(=O)COCc1cc(C(F)(F)F)cc(C(F)(F)F)c1. The van der Waals surface area contributed by atoms with Crippen LogP contribution in [0.1, 0.15) is 23.6 Å². The van der Waals surface area contributed by atoms with Gasteiger partial charge in [0.1, 0.15) is 6.61 Å². The summed E-state index contributed by atoms with van der Waals surface area (Å²) in [4.78, 5) is 11.0. The van der Waals surface area contributed by atoms with Crippen molar-refractivity contribution >= 4 is 5.97 Å². The fraction of sp³-hybridized carbons (Fsp3) is 0.462. The van der Waals surface area contributed by atoms with E-state index in [2.05, 4.69) is 4.74 Å². The fourth-order valence-electron chi connectivity index (χ4n) is 1.56. The normalized spacial score (nSPS) is 12.3. The van der Waals surface area contributed by atoms with E-state index < -0.39 is 42.7 Å². The quantitative estimate of drug-likeness (QED) is 0.608. The van der Waals surface area contributed by atoms with Crippen molar-refractivity contribution in [3.63, 3.8) is 0 Å². The molecule has 0 bridgehead atoms. The van der Waals surface area contributed by atoms with Crippen LogP contribution in [0.3, 0.4) is 0 Å². The summed E-state index contributed by atoms with van der Waals surface area (Å²) in [7, 11) is 0. The van der Waals surface area contributed by atoms with Gasteiger partial charge in [0.2, 0.25) is 0 Å². The number of hydrogen-bond acceptors (Lipinski definition) is 3. The van der Waals surface area contributed by atoms with Crippen molar-refractivity contribution in [2.45, 2.75) is 25.9 Å². The van der Waals surface area contributed by atoms with Crippen LogP contribution < -0.4 is 0 Å². The molecule has 22 heavy (non-hydrogen) atoms. The van der Waals surface area contributed by atoms with Crippen LogP contribution in [0.25, 0.3) is 0 Å². The molecule has 0 fully saturated rings. The maximum absolute atomic E-state index is 12.6. The molecule has 0 aliphatic heterocycles. The second-order valence-corrected chi connectivity index (χ2v) is 4.21. The van der Waals surface area contributed by atoms with Crippen LogP contribution in [-0.4, -0.2) is 19.2 Å². The third kappa shape index (κ3) is 5.55. The molecule has 1 rings (SSSR count). The van der Waals surface area contributed by atoms with Gasteiger partial charge >= 0.3 is 18.3 Å². The first kappa shape index (κ1) is 18.3. The first-order valence-electron chi connectivity index (χ1n) is 6.05. The molecule has 0 saturated heterocycles. The Bertz CT molecular complexity index is 489. The van der Waals surface area contributed by atoms with Crippen LogP contribution in [-0.2, 0) is 33.2 Å². The number of alkyl halides is 6. The monoisotopic (exact) mass is 330 g/mol. The zero-order valence-corrected chi connectivity index (χ0v) is 11.3. The molecule has 0 aliphatic rings. The van der Waals surface area contributed by atoms with Crippen molar-refractivity contribution in [1.29, 1.82) is 0 Å². The van der Waals surface area contributed by atoms with Crippen LogP contribution in [0.5, 0.6) is 0 Å². The molecule has 0 saturated carbocycles. The molecule has 0 amide bonds. The zero-order chi connectivity index (χ0) is 17.0. The molecule has 124 valence electrons. The molecule has 0 aromatic heterocycles. The predicted molar refractivity (Wildman–Crippen MR) is 62.7 cm³/mol. The number of hydrogen-bond donors (Lipinski definition) is 0. The largest absolute Gasteiger partial charge is 0.464 e. The van der Waals surface area contributed by atoms with Gasteiger partial charge in [-0.05, 0) is 30.7 Å². The highest BCUT2D eigenvalue weighted by atomic mass is 19.4. The molecular weight excluding hydrogens is 318 g/mol. The standard InChI is InChI=1S/C13H12F6O3/c1-2-22-11(20)7-21-6-8-3-9(12(14,15)16)5-10(4-8)13(17,18)19/h3-5H,2,6-7H2,1H3. The first-order valence-corrected chi connectivity index (χ1v) is 6.05. The Kier molecular flexibility index (Phi) is 5.81. The van der Waals surface area contributed by atoms with Crippen LogP contribution >= 0.6 is 0 Å². The van der Waals surface area contributed by atoms with E-state index in [1.807, 2.05) is 0 Å². The van der Waals surface area contributed by atoms with Gasteiger partial charge in [0.25, 0.3) is 0 Å². The minimum atomic E-state index is -4.92. The van der Waals surface area contributed by atoms with Crippen LogP contribution in [0.4, 0.5) is 26.3 Å². The molecule has 1 aromatic carbocycles. The highest BCUT2D eigenvalue weighted by Gasteiger charge is 2.36. The van der Waals surface area contributed by atoms with Crippen molar-refractivity contribution in [3.8, 4) is 0 Å². The lowest BCUT2D eigenvalue weighted by Gasteiger charge is -2.14.